The highest BCUT2D eigenvalue weighted by Crippen LogP contribution is 2.43. The van der Waals surface area contributed by atoms with Gasteiger partial charge in [0.05, 0.1) is 10.6 Å². The number of hydrogen-bond donors (Lipinski definition) is 2. The monoisotopic (exact) mass is 295 g/mol. The van der Waals surface area contributed by atoms with Crippen LogP contribution in [0.4, 0.5) is 0 Å². The van der Waals surface area contributed by atoms with Crippen LogP contribution in [-0.4, -0.2) is 23.2 Å². The molecule has 1 saturated heterocycles. The Bertz CT molecular complexity index is 442. The molecule has 3 N–H and O–H groups in total. The first-order valence-electron chi connectivity index (χ1n) is 7.72. The first-order chi connectivity index (χ1) is 9.71. The number of nitrogens with zero attached hydrogens (tertiary/aromatic N) is 1. The molecule has 2 atom stereocenters. The molecule has 3 rings (SSSR count). The average molecular weight is 295 g/mol. The van der Waals surface area contributed by atoms with Crippen LogP contribution in [0.3, 0.4) is 0 Å². The van der Waals surface area contributed by atoms with Gasteiger partial charge in [0.2, 0.25) is 0 Å². The lowest BCUT2D eigenvalue weighted by Gasteiger charge is -2.41. The van der Waals surface area contributed by atoms with Crippen molar-refractivity contribution in [2.75, 3.05) is 6.61 Å². The van der Waals surface area contributed by atoms with Crippen LogP contribution in [0.2, 0.25) is 0 Å². The van der Waals surface area contributed by atoms with Gasteiger partial charge in [-0.05, 0) is 38.5 Å². The topological polar surface area (TPSA) is 60.2 Å². The highest BCUT2D eigenvalue weighted by molar-refractivity contribution is 7.09. The molecule has 20 heavy (non-hydrogen) atoms. The molecular formula is C15H25N3OS. The normalized spacial score (nSPS) is 27.0. The van der Waals surface area contributed by atoms with E-state index in [4.69, 9.17) is 10.6 Å². The van der Waals surface area contributed by atoms with E-state index in [1.807, 2.05) is 6.92 Å². The van der Waals surface area contributed by atoms with E-state index >= 15 is 0 Å². The van der Waals surface area contributed by atoms with Gasteiger partial charge < -0.3 is 4.74 Å². The predicted molar refractivity (Wildman–Crippen MR) is 81.5 cm³/mol. The summed E-state index contributed by atoms with van der Waals surface area (Å²) in [6.45, 7) is 2.94. The van der Waals surface area contributed by atoms with Crippen LogP contribution in [0.5, 0.6) is 0 Å². The maximum atomic E-state index is 6.12. The van der Waals surface area contributed by atoms with Crippen molar-refractivity contribution >= 4 is 11.3 Å². The van der Waals surface area contributed by atoms with Crippen molar-refractivity contribution in [1.82, 2.24) is 10.4 Å². The third-order valence-corrected chi connectivity index (χ3v) is 5.88. The lowest BCUT2D eigenvalue weighted by Crippen LogP contribution is -2.48. The molecule has 1 aromatic heterocycles. The fourth-order valence-corrected chi connectivity index (χ4v) is 4.65. The van der Waals surface area contributed by atoms with Crippen LogP contribution in [0.15, 0.2) is 5.38 Å². The number of nitrogens with one attached hydrogen (secondary N) is 1. The summed E-state index contributed by atoms with van der Waals surface area (Å²) in [5.41, 5.74) is 4.32. The summed E-state index contributed by atoms with van der Waals surface area (Å²) in [4.78, 5) is 4.57. The lowest BCUT2D eigenvalue weighted by molar-refractivity contribution is -0.0978. The van der Waals surface area contributed by atoms with Gasteiger partial charge in [-0.3, -0.25) is 11.3 Å². The molecule has 0 amide bonds. The molecule has 0 radical (unpaired) electrons. The fourth-order valence-electron chi connectivity index (χ4n) is 3.82. The molecule has 2 unspecified atom stereocenters. The molecule has 0 aromatic carbocycles. The van der Waals surface area contributed by atoms with E-state index in [-0.39, 0.29) is 5.60 Å². The molecule has 1 aromatic rings. The third-order valence-electron chi connectivity index (χ3n) is 4.89. The molecule has 1 saturated carbocycles. The van der Waals surface area contributed by atoms with Gasteiger partial charge in [-0.2, -0.15) is 0 Å². The van der Waals surface area contributed by atoms with Gasteiger partial charge in [-0.25, -0.2) is 4.98 Å². The molecular weight excluding hydrogens is 270 g/mol. The minimum Gasteiger partial charge on any atom is -0.375 e. The Morgan fingerprint density at radius 3 is 3.00 bits per heavy atom. The first kappa shape index (κ1) is 14.4. The summed E-state index contributed by atoms with van der Waals surface area (Å²) in [5, 5.41) is 3.31. The lowest BCUT2D eigenvalue weighted by atomic mass is 9.80. The summed E-state index contributed by atoms with van der Waals surface area (Å²) in [6.07, 6.45) is 8.31. The zero-order chi connectivity index (χ0) is 14.0. The van der Waals surface area contributed by atoms with Crippen LogP contribution in [0, 0.1) is 12.8 Å². The van der Waals surface area contributed by atoms with Crippen LogP contribution in [0.1, 0.15) is 49.2 Å². The van der Waals surface area contributed by atoms with Crippen molar-refractivity contribution < 1.29 is 4.74 Å². The largest absolute Gasteiger partial charge is 0.375 e. The Balaban J connectivity index is 1.65. The highest BCUT2D eigenvalue weighted by Gasteiger charge is 2.41. The number of nitrogens with two attached hydrogens (primary N) is 1. The molecule has 1 aliphatic carbocycles. The van der Waals surface area contributed by atoms with Crippen molar-refractivity contribution in [1.29, 1.82) is 0 Å². The van der Waals surface area contributed by atoms with E-state index in [1.165, 1.54) is 30.7 Å². The summed E-state index contributed by atoms with van der Waals surface area (Å²) in [6, 6.07) is 0.321. The molecule has 2 heterocycles. The van der Waals surface area contributed by atoms with Crippen LogP contribution in [0.25, 0.3) is 0 Å². The SMILES string of the molecule is Cc1csc(CC(NN)C2CCOC3(CCCC3)C2)n1. The number of hydrazine groups is 1. The molecule has 5 heteroatoms. The summed E-state index contributed by atoms with van der Waals surface area (Å²) < 4.78 is 6.12. The number of ether oxygens (including phenoxy) is 1. The van der Waals surface area contributed by atoms with E-state index in [1.54, 1.807) is 11.3 Å². The minimum absolute atomic E-state index is 0.164. The average Bonchev–Trinajstić information content (AvgIpc) is 3.06. The van der Waals surface area contributed by atoms with Gasteiger partial charge in [-0.1, -0.05) is 12.8 Å². The minimum atomic E-state index is 0.164. The Morgan fingerprint density at radius 2 is 2.35 bits per heavy atom. The van der Waals surface area contributed by atoms with Crippen molar-refractivity contribution in [2.45, 2.75) is 63.5 Å². The summed E-state index contributed by atoms with van der Waals surface area (Å²) in [7, 11) is 0. The van der Waals surface area contributed by atoms with Crippen molar-refractivity contribution in [3.8, 4) is 0 Å². The quantitative estimate of drug-likeness (QED) is 0.662. The van der Waals surface area contributed by atoms with Gasteiger partial charge in [0, 0.05) is 30.1 Å². The number of aryl methyl sites for hydroxylation is 1. The van der Waals surface area contributed by atoms with E-state index in [0.717, 1.165) is 31.6 Å². The smallest absolute Gasteiger partial charge is 0.0944 e. The Morgan fingerprint density at radius 1 is 1.55 bits per heavy atom. The molecule has 1 spiro atoms. The molecule has 4 nitrogen and oxygen atoms in total. The van der Waals surface area contributed by atoms with Gasteiger partial charge in [0.1, 0.15) is 0 Å². The molecule has 112 valence electrons. The highest BCUT2D eigenvalue weighted by atomic mass is 32.1. The van der Waals surface area contributed by atoms with Crippen molar-refractivity contribution in [3.05, 3.63) is 16.1 Å². The molecule has 0 bridgehead atoms. The van der Waals surface area contributed by atoms with Crippen LogP contribution < -0.4 is 11.3 Å². The number of hydrogen-bond acceptors (Lipinski definition) is 5. The van der Waals surface area contributed by atoms with Crippen molar-refractivity contribution in [2.24, 2.45) is 11.8 Å². The van der Waals surface area contributed by atoms with E-state index in [9.17, 15) is 0 Å². The van der Waals surface area contributed by atoms with Crippen molar-refractivity contribution in [3.63, 3.8) is 0 Å². The Labute approximate surface area is 125 Å². The number of rotatable bonds is 4. The second-order valence-electron chi connectivity index (χ2n) is 6.35. The fraction of sp³-hybridized carbons (Fsp3) is 0.800. The second-order valence-corrected chi connectivity index (χ2v) is 7.29. The maximum absolute atomic E-state index is 6.12. The van der Waals surface area contributed by atoms with E-state index < -0.39 is 0 Å². The predicted octanol–water partition coefficient (Wildman–Crippen LogP) is 2.57. The molecule has 2 aliphatic rings. The Kier molecular flexibility index (Phi) is 4.40. The van der Waals surface area contributed by atoms with Gasteiger partial charge in [-0.15, -0.1) is 11.3 Å². The first-order valence-corrected chi connectivity index (χ1v) is 8.60. The zero-order valence-corrected chi connectivity index (χ0v) is 13.0. The standard InChI is InChI=1S/C15H25N3OS/c1-11-10-20-14(17-11)8-13(18-16)12-4-7-19-15(9-12)5-2-3-6-15/h10,12-13,18H,2-9,16H2,1H3. The van der Waals surface area contributed by atoms with Gasteiger partial charge in [0.25, 0.3) is 0 Å². The second kappa shape index (κ2) is 6.10. The zero-order valence-electron chi connectivity index (χ0n) is 12.2. The van der Waals surface area contributed by atoms with Crippen LogP contribution in [-0.2, 0) is 11.2 Å². The number of aromatic nitrogens is 1. The maximum Gasteiger partial charge on any atom is 0.0944 e. The molecule has 1 aliphatic heterocycles. The van der Waals surface area contributed by atoms with E-state index in [2.05, 4.69) is 15.8 Å². The third kappa shape index (κ3) is 3.06. The Hall–Kier alpha value is -0.490. The van der Waals surface area contributed by atoms with Crippen LogP contribution >= 0.6 is 11.3 Å². The summed E-state index contributed by atoms with van der Waals surface area (Å²) in [5.74, 6) is 6.44. The summed E-state index contributed by atoms with van der Waals surface area (Å²) >= 11 is 1.74. The van der Waals surface area contributed by atoms with Gasteiger partial charge in [0.15, 0.2) is 0 Å². The number of thiazole rings is 1. The molecule has 2 fully saturated rings. The van der Waals surface area contributed by atoms with Gasteiger partial charge >= 0.3 is 0 Å². The van der Waals surface area contributed by atoms with E-state index in [0.29, 0.717) is 12.0 Å².